The first-order valence-corrected chi connectivity index (χ1v) is 8.75. The molecular formula is C15H14N2O2S2. The van der Waals surface area contributed by atoms with Crippen molar-refractivity contribution in [2.45, 2.75) is 18.4 Å². The Hall–Kier alpha value is -1.76. The van der Waals surface area contributed by atoms with Crippen molar-refractivity contribution in [3.05, 3.63) is 59.2 Å². The average molecular weight is 318 g/mol. The van der Waals surface area contributed by atoms with Gasteiger partial charge in [-0.05, 0) is 25.1 Å². The summed E-state index contributed by atoms with van der Waals surface area (Å²) in [5.74, 6) is 0. The summed E-state index contributed by atoms with van der Waals surface area (Å²) in [6.45, 7) is 2.02. The summed E-state index contributed by atoms with van der Waals surface area (Å²) in [6, 6.07) is 13.0. The summed E-state index contributed by atoms with van der Waals surface area (Å²) < 4.78 is 28.7. The molecule has 1 aromatic carbocycles. The lowest BCUT2D eigenvalue weighted by atomic mass is 10.2. The van der Waals surface area contributed by atoms with Crippen LogP contribution in [0.3, 0.4) is 0 Å². The van der Waals surface area contributed by atoms with Crippen LogP contribution in [0.4, 0.5) is 0 Å². The zero-order valence-electron chi connectivity index (χ0n) is 11.4. The Morgan fingerprint density at radius 1 is 1.14 bits per heavy atom. The van der Waals surface area contributed by atoms with Crippen molar-refractivity contribution in [3.63, 3.8) is 0 Å². The molecule has 0 spiro atoms. The molecule has 0 amide bonds. The Kier molecular flexibility index (Phi) is 3.75. The van der Waals surface area contributed by atoms with Crippen LogP contribution in [0.2, 0.25) is 0 Å². The molecular weight excluding hydrogens is 304 g/mol. The molecule has 3 rings (SSSR count). The fourth-order valence-corrected chi connectivity index (χ4v) is 5.03. The summed E-state index contributed by atoms with van der Waals surface area (Å²) in [7, 11) is -3.55. The van der Waals surface area contributed by atoms with Gasteiger partial charge in [0.25, 0.3) is 0 Å². The molecule has 2 heterocycles. The Balaban J connectivity index is 1.95. The number of aryl methyl sites for hydroxylation is 1. The third-order valence-corrected chi connectivity index (χ3v) is 5.96. The first-order chi connectivity index (χ1) is 10.1. The van der Waals surface area contributed by atoms with Gasteiger partial charge in [-0.2, -0.15) is 0 Å². The zero-order chi connectivity index (χ0) is 14.9. The van der Waals surface area contributed by atoms with Gasteiger partial charge in [0, 0.05) is 21.2 Å². The zero-order valence-corrected chi connectivity index (χ0v) is 13.0. The Labute approximate surface area is 127 Å². The lowest BCUT2D eigenvalue weighted by Crippen LogP contribution is -2.24. The number of benzene rings is 1. The van der Waals surface area contributed by atoms with E-state index in [4.69, 9.17) is 0 Å². The summed E-state index contributed by atoms with van der Waals surface area (Å²) in [4.78, 5) is 5.29. The molecule has 6 heteroatoms. The molecule has 108 valence electrons. The highest BCUT2D eigenvalue weighted by Gasteiger charge is 2.22. The number of thiophene rings is 1. The van der Waals surface area contributed by atoms with Crippen LogP contribution in [0, 0.1) is 6.92 Å². The maximum absolute atomic E-state index is 12.6. The summed E-state index contributed by atoms with van der Waals surface area (Å²) in [6.07, 6.45) is 1.65. The maximum Gasteiger partial charge on any atom is 0.242 e. The monoisotopic (exact) mass is 318 g/mol. The van der Waals surface area contributed by atoms with Gasteiger partial charge in [-0.25, -0.2) is 13.1 Å². The predicted molar refractivity (Wildman–Crippen MR) is 84.8 cm³/mol. The second-order valence-corrected chi connectivity index (χ2v) is 7.59. The molecule has 0 unspecified atom stereocenters. The van der Waals surface area contributed by atoms with Crippen LogP contribution in [0.1, 0.15) is 10.6 Å². The summed E-state index contributed by atoms with van der Waals surface area (Å²) >= 11 is 1.49. The average Bonchev–Trinajstić information content (AvgIpc) is 2.83. The molecule has 21 heavy (non-hydrogen) atoms. The van der Waals surface area contributed by atoms with Gasteiger partial charge in [-0.15, -0.1) is 11.3 Å². The highest BCUT2D eigenvalue weighted by atomic mass is 32.2. The third-order valence-electron chi connectivity index (χ3n) is 3.15. The number of nitrogens with zero attached hydrogens (tertiary/aromatic N) is 1. The van der Waals surface area contributed by atoms with E-state index in [1.165, 1.54) is 11.3 Å². The van der Waals surface area contributed by atoms with Gasteiger partial charge in [0.1, 0.15) is 4.90 Å². The Bertz CT molecular complexity index is 871. The quantitative estimate of drug-likeness (QED) is 0.804. The number of rotatable bonds is 4. The van der Waals surface area contributed by atoms with Crippen molar-refractivity contribution in [2.24, 2.45) is 0 Å². The highest BCUT2D eigenvalue weighted by molar-refractivity contribution is 7.90. The summed E-state index contributed by atoms with van der Waals surface area (Å²) in [5, 5.41) is 0.772. The number of hydrogen-bond donors (Lipinski definition) is 1. The largest absolute Gasteiger partial charge is 0.260 e. The minimum absolute atomic E-state index is 0.187. The molecule has 0 aliphatic heterocycles. The number of nitrogens with one attached hydrogen (secondary N) is 1. The predicted octanol–water partition coefficient (Wildman–Crippen LogP) is 3.08. The molecule has 0 aliphatic rings. The summed E-state index contributed by atoms with van der Waals surface area (Å²) in [5.41, 5.74) is 0.693. The second-order valence-electron chi connectivity index (χ2n) is 4.63. The van der Waals surface area contributed by atoms with Crippen LogP contribution >= 0.6 is 11.3 Å². The van der Waals surface area contributed by atoms with E-state index in [9.17, 15) is 8.42 Å². The molecule has 0 radical (unpaired) electrons. The van der Waals surface area contributed by atoms with Gasteiger partial charge in [0.05, 0.1) is 12.2 Å². The number of sulfonamides is 1. The van der Waals surface area contributed by atoms with E-state index < -0.39 is 10.0 Å². The van der Waals surface area contributed by atoms with E-state index in [1.54, 1.807) is 18.3 Å². The third kappa shape index (κ3) is 2.83. The molecule has 0 aliphatic carbocycles. The van der Waals surface area contributed by atoms with Crippen LogP contribution in [0.25, 0.3) is 10.1 Å². The van der Waals surface area contributed by atoms with Crippen molar-refractivity contribution in [1.29, 1.82) is 0 Å². The molecule has 1 N–H and O–H groups in total. The van der Waals surface area contributed by atoms with Crippen molar-refractivity contribution in [2.75, 3.05) is 0 Å². The minimum atomic E-state index is -3.55. The molecule has 0 fully saturated rings. The molecule has 0 saturated carbocycles. The highest BCUT2D eigenvalue weighted by Crippen LogP contribution is 2.33. The van der Waals surface area contributed by atoms with Crippen LogP contribution in [-0.2, 0) is 16.6 Å². The van der Waals surface area contributed by atoms with Crippen molar-refractivity contribution in [3.8, 4) is 0 Å². The second kappa shape index (κ2) is 5.55. The van der Waals surface area contributed by atoms with Crippen molar-refractivity contribution >= 4 is 31.4 Å². The maximum atomic E-state index is 12.6. The molecule has 2 aromatic heterocycles. The van der Waals surface area contributed by atoms with Gasteiger partial charge >= 0.3 is 0 Å². The van der Waals surface area contributed by atoms with Crippen LogP contribution < -0.4 is 4.72 Å². The van der Waals surface area contributed by atoms with Crippen molar-refractivity contribution in [1.82, 2.24) is 9.71 Å². The van der Waals surface area contributed by atoms with E-state index in [1.807, 2.05) is 37.3 Å². The van der Waals surface area contributed by atoms with Crippen LogP contribution in [-0.4, -0.2) is 13.4 Å². The van der Waals surface area contributed by atoms with Crippen molar-refractivity contribution < 1.29 is 8.42 Å². The van der Waals surface area contributed by atoms with E-state index in [-0.39, 0.29) is 6.54 Å². The lowest BCUT2D eigenvalue weighted by Gasteiger charge is -2.06. The number of pyridine rings is 1. The molecule has 0 saturated heterocycles. The first-order valence-electron chi connectivity index (χ1n) is 6.45. The minimum Gasteiger partial charge on any atom is -0.260 e. The topological polar surface area (TPSA) is 59.1 Å². The fraction of sp³-hybridized carbons (Fsp3) is 0.133. The number of fused-ring (bicyclic) bond motifs is 1. The molecule has 0 atom stereocenters. The Morgan fingerprint density at radius 2 is 1.90 bits per heavy atom. The van der Waals surface area contributed by atoms with Gasteiger partial charge in [0.15, 0.2) is 0 Å². The lowest BCUT2D eigenvalue weighted by molar-refractivity contribution is 0.581. The van der Waals surface area contributed by atoms with Crippen LogP contribution in [0.15, 0.2) is 53.6 Å². The molecule has 0 bridgehead atoms. The smallest absolute Gasteiger partial charge is 0.242 e. The van der Waals surface area contributed by atoms with E-state index in [0.717, 1.165) is 15.0 Å². The number of aromatic nitrogens is 1. The Morgan fingerprint density at radius 3 is 2.67 bits per heavy atom. The van der Waals surface area contributed by atoms with Gasteiger partial charge in [-0.3, -0.25) is 4.98 Å². The van der Waals surface area contributed by atoms with E-state index in [0.29, 0.717) is 10.6 Å². The fourth-order valence-electron chi connectivity index (χ4n) is 2.22. The molecule has 3 aromatic rings. The normalized spacial score (nSPS) is 11.9. The van der Waals surface area contributed by atoms with E-state index in [2.05, 4.69) is 9.71 Å². The SMILES string of the molecule is Cc1sc2ccccc2c1S(=O)(=O)NCc1ccccn1. The van der Waals surface area contributed by atoms with Gasteiger partial charge in [-0.1, -0.05) is 24.3 Å². The van der Waals surface area contributed by atoms with Gasteiger partial charge in [0.2, 0.25) is 10.0 Å². The molecule has 4 nitrogen and oxygen atoms in total. The van der Waals surface area contributed by atoms with E-state index >= 15 is 0 Å². The first kappa shape index (κ1) is 14.2. The standard InChI is InChI=1S/C15H14N2O2S2/c1-11-15(13-7-2-3-8-14(13)20-11)21(18,19)17-10-12-6-4-5-9-16-12/h2-9,17H,10H2,1H3. The number of hydrogen-bond acceptors (Lipinski definition) is 4. The van der Waals surface area contributed by atoms with Crippen LogP contribution in [0.5, 0.6) is 0 Å². The van der Waals surface area contributed by atoms with Gasteiger partial charge < -0.3 is 0 Å².